The summed E-state index contributed by atoms with van der Waals surface area (Å²) in [4.78, 5) is 0. The van der Waals surface area contributed by atoms with Crippen LogP contribution in [0.3, 0.4) is 0 Å². The molecule has 5 nitrogen and oxygen atoms in total. The lowest BCUT2D eigenvalue weighted by Crippen LogP contribution is -2.36. The van der Waals surface area contributed by atoms with E-state index in [-0.39, 0.29) is 19.1 Å². The number of nitrogens with zero attached hydrogens (tertiary/aromatic N) is 1. The molecule has 0 spiro atoms. The molecule has 1 rings (SSSR count). The monoisotopic (exact) mass is 277 g/mol. The molecule has 1 aliphatic rings. The van der Waals surface area contributed by atoms with Crippen LogP contribution >= 0.6 is 8.00 Å². The predicted molar refractivity (Wildman–Crippen MR) is 68.3 cm³/mol. The molecule has 0 aliphatic carbocycles. The van der Waals surface area contributed by atoms with Crippen molar-refractivity contribution in [3.05, 3.63) is 0 Å². The van der Waals surface area contributed by atoms with Gasteiger partial charge in [0.05, 0.1) is 18.6 Å². The summed E-state index contributed by atoms with van der Waals surface area (Å²) in [6, 6.07) is 1.95. The first-order valence-corrected chi connectivity index (χ1v) is 7.17. The molecule has 0 bridgehead atoms. The van der Waals surface area contributed by atoms with Gasteiger partial charge < -0.3 is 10.1 Å². The molecular formula is C11H19FN2O3P+. The number of nitriles is 1. The Morgan fingerprint density at radius 1 is 1.61 bits per heavy atom. The highest BCUT2D eigenvalue weighted by Gasteiger charge is 2.47. The largest absolute Gasteiger partial charge is 0.423 e. The predicted octanol–water partition coefficient (Wildman–Crippen LogP) is 1.39. The molecule has 2 unspecified atom stereocenters. The lowest BCUT2D eigenvalue weighted by atomic mass is 10.1. The van der Waals surface area contributed by atoms with Crippen LogP contribution in [0.15, 0.2) is 0 Å². The van der Waals surface area contributed by atoms with Crippen molar-refractivity contribution in [2.45, 2.75) is 37.8 Å². The maximum Gasteiger partial charge on any atom is 0.423 e. The second kappa shape index (κ2) is 7.78. The number of hydrogen-bond acceptors (Lipinski definition) is 5. The molecule has 0 aromatic heterocycles. The van der Waals surface area contributed by atoms with Gasteiger partial charge in [0.25, 0.3) is 0 Å². The minimum Gasteiger partial charge on any atom is -0.368 e. The zero-order valence-electron chi connectivity index (χ0n) is 10.6. The number of alkyl halides is 1. The number of hydrogen-bond donors (Lipinski definition) is 1. The number of nitrogens with one attached hydrogen (secondary N) is 1. The van der Waals surface area contributed by atoms with E-state index in [4.69, 9.17) is 19.0 Å². The first-order chi connectivity index (χ1) is 8.60. The van der Waals surface area contributed by atoms with Crippen LogP contribution in [-0.4, -0.2) is 51.0 Å². The second-order valence-corrected chi connectivity index (χ2v) is 5.16. The van der Waals surface area contributed by atoms with Crippen molar-refractivity contribution in [3.63, 3.8) is 0 Å². The van der Waals surface area contributed by atoms with E-state index in [9.17, 15) is 4.39 Å². The average Bonchev–Trinajstić information content (AvgIpc) is 2.58. The Labute approximate surface area is 108 Å². The highest BCUT2D eigenvalue weighted by molar-refractivity contribution is 7.45. The number of rotatable bonds is 7. The van der Waals surface area contributed by atoms with Crippen LogP contribution in [0.4, 0.5) is 4.39 Å². The molecule has 7 heteroatoms. The fourth-order valence-corrected chi connectivity index (χ4v) is 2.63. The third-order valence-electron chi connectivity index (χ3n) is 2.61. The molecule has 1 aliphatic heterocycles. The topological polar surface area (TPSA) is 63.5 Å². The smallest absolute Gasteiger partial charge is 0.368 e. The Morgan fingerprint density at radius 3 is 2.94 bits per heavy atom. The molecule has 1 fully saturated rings. The van der Waals surface area contributed by atoms with Crippen LogP contribution in [-0.2, 0) is 13.8 Å². The van der Waals surface area contributed by atoms with Crippen LogP contribution in [0.5, 0.6) is 0 Å². The second-order valence-electron chi connectivity index (χ2n) is 4.03. The van der Waals surface area contributed by atoms with E-state index in [1.807, 2.05) is 6.07 Å². The zero-order valence-corrected chi connectivity index (χ0v) is 11.5. The van der Waals surface area contributed by atoms with Crippen molar-refractivity contribution >= 4 is 14.3 Å². The molecule has 0 saturated carbocycles. The molecule has 0 aromatic rings. The molecule has 1 heterocycles. The van der Waals surface area contributed by atoms with Crippen LogP contribution in [0, 0.1) is 11.3 Å². The van der Waals surface area contributed by atoms with E-state index in [2.05, 4.69) is 11.6 Å². The Kier molecular flexibility index (Phi) is 6.69. The average molecular weight is 277 g/mol. The van der Waals surface area contributed by atoms with Gasteiger partial charge in [-0.1, -0.05) is 0 Å². The van der Waals surface area contributed by atoms with Gasteiger partial charge in [0.1, 0.15) is 19.0 Å². The molecule has 0 radical (unpaired) electrons. The van der Waals surface area contributed by atoms with Crippen molar-refractivity contribution in [2.24, 2.45) is 0 Å². The number of halogens is 1. The SMILES string of the molecule is C=[P+](OCCC#N)O[C@@H]1C(F)[C@H](C)O[C@@H]1CNC. The zero-order chi connectivity index (χ0) is 13.5. The fourth-order valence-electron chi connectivity index (χ4n) is 1.75. The van der Waals surface area contributed by atoms with Gasteiger partial charge in [0.15, 0.2) is 12.3 Å². The molecule has 102 valence electrons. The van der Waals surface area contributed by atoms with Crippen molar-refractivity contribution in [1.82, 2.24) is 5.32 Å². The lowest BCUT2D eigenvalue weighted by molar-refractivity contribution is 0.0251. The summed E-state index contributed by atoms with van der Waals surface area (Å²) in [5.41, 5.74) is 0. The summed E-state index contributed by atoms with van der Waals surface area (Å²) < 4.78 is 30.1. The van der Waals surface area contributed by atoms with E-state index >= 15 is 0 Å². The first-order valence-electron chi connectivity index (χ1n) is 5.81. The first kappa shape index (κ1) is 15.5. The summed E-state index contributed by atoms with van der Waals surface area (Å²) in [6.07, 6.45) is 1.28. The Hall–Kier alpha value is -0.570. The fraction of sp³-hybridized carbons (Fsp3) is 0.818. The Morgan fingerprint density at radius 2 is 2.33 bits per heavy atom. The molecule has 0 amide bonds. The molecule has 18 heavy (non-hydrogen) atoms. The van der Waals surface area contributed by atoms with Crippen LogP contribution in [0.25, 0.3) is 0 Å². The highest BCUT2D eigenvalue weighted by atomic mass is 31.1. The van der Waals surface area contributed by atoms with Crippen molar-refractivity contribution < 1.29 is 18.2 Å². The van der Waals surface area contributed by atoms with E-state index in [1.54, 1.807) is 14.0 Å². The molecule has 0 aromatic carbocycles. The van der Waals surface area contributed by atoms with Gasteiger partial charge in [0.2, 0.25) is 0 Å². The number of ether oxygens (including phenoxy) is 1. The third kappa shape index (κ3) is 4.27. The normalized spacial score (nSPS) is 32.2. The van der Waals surface area contributed by atoms with Gasteiger partial charge in [-0.15, -0.1) is 4.52 Å². The van der Waals surface area contributed by atoms with Gasteiger partial charge in [-0.2, -0.15) is 9.79 Å². The van der Waals surface area contributed by atoms with Crippen molar-refractivity contribution in [3.8, 4) is 6.07 Å². The maximum absolute atomic E-state index is 13.9. The van der Waals surface area contributed by atoms with Crippen LogP contribution in [0.2, 0.25) is 0 Å². The quantitative estimate of drug-likeness (QED) is 0.563. The lowest BCUT2D eigenvalue weighted by Gasteiger charge is -2.14. The number of likely N-dealkylation sites (N-methyl/N-ethyl adjacent to an activating group) is 1. The van der Waals surface area contributed by atoms with Crippen molar-refractivity contribution in [2.75, 3.05) is 20.2 Å². The molecule has 5 atom stereocenters. The Bertz CT molecular complexity index is 324. The van der Waals surface area contributed by atoms with Crippen LogP contribution < -0.4 is 5.32 Å². The minimum absolute atomic E-state index is 0.252. The van der Waals surface area contributed by atoms with Crippen LogP contribution in [0.1, 0.15) is 13.3 Å². The molecule has 1 saturated heterocycles. The standard InChI is InChI=1S/C11H19FN2O3P/c1-8-10(12)11(9(16-8)7-14-2)17-18(3)15-6-4-5-13/h8-11,14H,3-4,6-7H2,1-2H3/q+1/t8-,9+,10?,11-/m0/s1. The van der Waals surface area contributed by atoms with Gasteiger partial charge in [0, 0.05) is 6.54 Å². The Balaban J connectivity index is 2.46. The van der Waals surface area contributed by atoms with E-state index in [1.165, 1.54) is 0 Å². The highest BCUT2D eigenvalue weighted by Crippen LogP contribution is 2.34. The summed E-state index contributed by atoms with van der Waals surface area (Å²) in [5, 5.41) is 11.3. The summed E-state index contributed by atoms with van der Waals surface area (Å²) in [7, 11) is 0.336. The van der Waals surface area contributed by atoms with Gasteiger partial charge >= 0.3 is 8.00 Å². The summed E-state index contributed by atoms with van der Waals surface area (Å²) >= 11 is 0. The third-order valence-corrected chi connectivity index (χ3v) is 3.56. The molecule has 1 N–H and O–H groups in total. The van der Waals surface area contributed by atoms with Gasteiger partial charge in [-0.25, -0.2) is 4.39 Å². The summed E-state index contributed by atoms with van der Waals surface area (Å²) in [6.45, 7) is 2.44. The van der Waals surface area contributed by atoms with Crippen molar-refractivity contribution in [1.29, 1.82) is 5.26 Å². The van der Waals surface area contributed by atoms with Gasteiger partial charge in [-0.05, 0) is 14.0 Å². The summed E-state index contributed by atoms with van der Waals surface area (Å²) in [5.74, 6) is 0. The molecular weight excluding hydrogens is 258 g/mol. The van der Waals surface area contributed by atoms with E-state index in [0.29, 0.717) is 6.54 Å². The maximum atomic E-state index is 13.9. The van der Waals surface area contributed by atoms with Gasteiger partial charge in [-0.3, -0.25) is 0 Å². The minimum atomic E-state index is -1.44. The van der Waals surface area contributed by atoms with E-state index < -0.39 is 26.4 Å². The van der Waals surface area contributed by atoms with E-state index in [0.717, 1.165) is 0 Å².